The second-order valence-corrected chi connectivity index (χ2v) is 8.12. The highest BCUT2D eigenvalue weighted by atomic mass is 35.5. The first-order chi connectivity index (χ1) is 14.4. The molecule has 1 aromatic carbocycles. The van der Waals surface area contributed by atoms with E-state index in [9.17, 15) is 5.11 Å². The first-order valence-corrected chi connectivity index (χ1v) is 10.4. The number of halogens is 2. The average molecular weight is 445 g/mol. The molecule has 6 nitrogen and oxygen atoms in total. The second kappa shape index (κ2) is 8.78. The molecule has 3 aromatic rings. The predicted octanol–water partition coefficient (Wildman–Crippen LogP) is 4.22. The van der Waals surface area contributed by atoms with Crippen molar-refractivity contribution in [3.63, 3.8) is 0 Å². The minimum Gasteiger partial charge on any atom is -0.482 e. The van der Waals surface area contributed by atoms with Crippen LogP contribution in [0.1, 0.15) is 30.2 Å². The lowest BCUT2D eigenvalue weighted by atomic mass is 10.00. The number of anilines is 1. The molecule has 1 aliphatic rings. The maximum atomic E-state index is 10.1. The van der Waals surface area contributed by atoms with Crippen molar-refractivity contribution in [2.45, 2.75) is 25.0 Å². The van der Waals surface area contributed by atoms with Gasteiger partial charge < -0.3 is 20.9 Å². The van der Waals surface area contributed by atoms with E-state index in [4.69, 9.17) is 33.7 Å². The minimum atomic E-state index is -0.417. The lowest BCUT2D eigenvalue weighted by molar-refractivity contribution is 0.176. The van der Waals surface area contributed by atoms with Crippen LogP contribution in [0.3, 0.4) is 0 Å². The average Bonchev–Trinajstić information content (AvgIpc) is 3.15. The van der Waals surface area contributed by atoms with Gasteiger partial charge in [-0.1, -0.05) is 35.3 Å². The fourth-order valence-electron chi connectivity index (χ4n) is 3.62. The Hall–Kier alpha value is -2.38. The third kappa shape index (κ3) is 4.23. The van der Waals surface area contributed by atoms with Crippen LogP contribution in [0.4, 0.5) is 5.82 Å². The molecule has 0 amide bonds. The summed E-state index contributed by atoms with van der Waals surface area (Å²) in [5.74, 6) is 0.720. The van der Waals surface area contributed by atoms with Gasteiger partial charge in [0, 0.05) is 63.8 Å². The number of aliphatic hydroxyl groups is 1. The molecule has 0 aliphatic carbocycles. The molecule has 3 atom stereocenters. The number of nitrogens with two attached hydrogens (primary N) is 1. The van der Waals surface area contributed by atoms with Crippen molar-refractivity contribution in [2.24, 2.45) is 0 Å². The number of aliphatic hydroxyl groups excluding tert-OH is 1. The van der Waals surface area contributed by atoms with Gasteiger partial charge in [0.15, 0.2) is 11.6 Å². The van der Waals surface area contributed by atoms with Crippen molar-refractivity contribution in [1.82, 2.24) is 15.3 Å². The number of hydrogen-bond donors (Lipinski definition) is 3. The summed E-state index contributed by atoms with van der Waals surface area (Å²) < 4.78 is 6.06. The van der Waals surface area contributed by atoms with Gasteiger partial charge in [0.05, 0.1) is 6.10 Å². The fourth-order valence-corrected chi connectivity index (χ4v) is 4.32. The Morgan fingerprint density at radius 2 is 1.83 bits per heavy atom. The molecule has 4 N–H and O–H groups in total. The molecule has 0 bridgehead atoms. The number of aromatic nitrogens is 2. The first-order valence-electron chi connectivity index (χ1n) is 9.65. The monoisotopic (exact) mass is 444 g/mol. The zero-order valence-electron chi connectivity index (χ0n) is 16.3. The Bertz CT molecular complexity index is 1030. The summed E-state index contributed by atoms with van der Waals surface area (Å²) in [7, 11) is 0. The van der Waals surface area contributed by atoms with Crippen molar-refractivity contribution in [3.05, 3.63) is 70.1 Å². The Balaban J connectivity index is 1.57. The van der Waals surface area contributed by atoms with Crippen LogP contribution in [-0.4, -0.2) is 34.3 Å². The van der Waals surface area contributed by atoms with E-state index in [0.717, 1.165) is 23.4 Å². The van der Waals surface area contributed by atoms with E-state index in [1.54, 1.807) is 30.6 Å². The molecule has 0 saturated carbocycles. The van der Waals surface area contributed by atoms with E-state index in [1.165, 1.54) is 0 Å². The van der Waals surface area contributed by atoms with Gasteiger partial charge in [-0.05, 0) is 31.2 Å². The highest BCUT2D eigenvalue weighted by Crippen LogP contribution is 2.35. The quantitative estimate of drug-likeness (QED) is 0.545. The number of benzene rings is 1. The van der Waals surface area contributed by atoms with Gasteiger partial charge in [-0.3, -0.25) is 4.98 Å². The summed E-state index contributed by atoms with van der Waals surface area (Å²) in [5, 5.41) is 14.3. The normalized spacial score (nSPS) is 19.6. The summed E-state index contributed by atoms with van der Waals surface area (Å²) in [5.41, 5.74) is 9.29. The topological polar surface area (TPSA) is 93.3 Å². The lowest BCUT2D eigenvalue weighted by Gasteiger charge is -2.19. The van der Waals surface area contributed by atoms with Gasteiger partial charge in [-0.25, -0.2) is 4.98 Å². The highest BCUT2D eigenvalue weighted by molar-refractivity contribution is 6.36. The summed E-state index contributed by atoms with van der Waals surface area (Å²) in [6.45, 7) is 3.16. The molecule has 3 heterocycles. The largest absolute Gasteiger partial charge is 0.482 e. The van der Waals surface area contributed by atoms with Crippen molar-refractivity contribution >= 4 is 29.0 Å². The van der Waals surface area contributed by atoms with Crippen LogP contribution in [-0.2, 0) is 0 Å². The first kappa shape index (κ1) is 20.9. The maximum Gasteiger partial charge on any atom is 0.166 e. The van der Waals surface area contributed by atoms with E-state index in [2.05, 4.69) is 15.3 Å². The molecule has 30 heavy (non-hydrogen) atoms. The molecule has 1 saturated heterocycles. The van der Waals surface area contributed by atoms with E-state index in [0.29, 0.717) is 27.9 Å². The maximum absolute atomic E-state index is 10.1. The molecule has 3 unspecified atom stereocenters. The van der Waals surface area contributed by atoms with Crippen LogP contribution in [0.25, 0.3) is 11.1 Å². The third-order valence-electron chi connectivity index (χ3n) is 5.27. The number of pyridine rings is 2. The van der Waals surface area contributed by atoms with Gasteiger partial charge in [-0.15, -0.1) is 0 Å². The molecule has 1 fully saturated rings. The molecule has 0 radical (unpaired) electrons. The molecular formula is C22H22Cl2N4O2. The fraction of sp³-hybridized carbons (Fsp3) is 0.273. The van der Waals surface area contributed by atoms with Gasteiger partial charge >= 0.3 is 0 Å². The number of rotatable bonds is 5. The van der Waals surface area contributed by atoms with E-state index >= 15 is 0 Å². The zero-order chi connectivity index (χ0) is 21.3. The molecular weight excluding hydrogens is 423 g/mol. The van der Waals surface area contributed by atoms with Crippen molar-refractivity contribution in [1.29, 1.82) is 0 Å². The van der Waals surface area contributed by atoms with Crippen LogP contribution < -0.4 is 15.8 Å². The van der Waals surface area contributed by atoms with Crippen molar-refractivity contribution in [2.75, 3.05) is 18.8 Å². The van der Waals surface area contributed by atoms with Gasteiger partial charge in [0.25, 0.3) is 0 Å². The molecule has 156 valence electrons. The van der Waals surface area contributed by atoms with Crippen LogP contribution in [0.5, 0.6) is 5.75 Å². The van der Waals surface area contributed by atoms with Crippen LogP contribution >= 0.6 is 23.2 Å². The number of nitrogen functional groups attached to an aromatic ring is 1. The van der Waals surface area contributed by atoms with Crippen LogP contribution in [0.15, 0.2) is 48.8 Å². The Kier molecular flexibility index (Phi) is 6.11. The Morgan fingerprint density at radius 3 is 2.47 bits per heavy atom. The van der Waals surface area contributed by atoms with Gasteiger partial charge in [0.2, 0.25) is 0 Å². The number of nitrogens with zero attached hydrogens (tertiary/aromatic N) is 2. The summed E-state index contributed by atoms with van der Waals surface area (Å²) in [6, 6.07) is 11.0. The molecule has 0 spiro atoms. The van der Waals surface area contributed by atoms with Crippen molar-refractivity contribution < 1.29 is 9.84 Å². The van der Waals surface area contributed by atoms with Gasteiger partial charge in [-0.2, -0.15) is 0 Å². The number of hydrogen-bond acceptors (Lipinski definition) is 6. The SMILES string of the molecule is CC(Oc1cc(-c2ccc(C3CNCC3O)nc2)cnc1N)c1c(Cl)cccc1Cl. The lowest BCUT2D eigenvalue weighted by Crippen LogP contribution is -2.16. The molecule has 4 rings (SSSR count). The van der Waals surface area contributed by atoms with E-state index in [1.807, 2.05) is 25.1 Å². The standard InChI is InChI=1S/C22H22Cl2N4O2/c1-12(21-16(23)3-2-4-17(21)24)30-20-7-14(9-28-22(20)25)13-5-6-18(27-8-13)15-10-26-11-19(15)29/h2-9,12,15,19,26,29H,10-11H2,1H3,(H2,25,28). The van der Waals surface area contributed by atoms with E-state index in [-0.39, 0.29) is 11.7 Å². The molecule has 2 aromatic heterocycles. The van der Waals surface area contributed by atoms with Crippen molar-refractivity contribution in [3.8, 4) is 16.9 Å². The highest BCUT2D eigenvalue weighted by Gasteiger charge is 2.27. The third-order valence-corrected chi connectivity index (χ3v) is 5.93. The summed E-state index contributed by atoms with van der Waals surface area (Å²) in [4.78, 5) is 8.80. The number of ether oxygens (including phenoxy) is 1. The van der Waals surface area contributed by atoms with Crippen LogP contribution in [0, 0.1) is 0 Å². The Morgan fingerprint density at radius 1 is 1.10 bits per heavy atom. The smallest absolute Gasteiger partial charge is 0.166 e. The van der Waals surface area contributed by atoms with E-state index < -0.39 is 12.2 Å². The molecule has 8 heteroatoms. The second-order valence-electron chi connectivity index (χ2n) is 7.31. The van der Waals surface area contributed by atoms with Crippen LogP contribution in [0.2, 0.25) is 10.0 Å². The van der Waals surface area contributed by atoms with Gasteiger partial charge in [0.1, 0.15) is 6.10 Å². The zero-order valence-corrected chi connectivity index (χ0v) is 17.9. The summed E-state index contributed by atoms with van der Waals surface area (Å²) in [6.07, 6.45) is 2.62. The number of nitrogens with one attached hydrogen (secondary N) is 1. The minimum absolute atomic E-state index is 0.00343. The number of β-amino-alcohol motifs (C(OH)–C–C–N with tert-alkyl or cyclic N) is 1. The summed E-state index contributed by atoms with van der Waals surface area (Å²) >= 11 is 12.6. The molecule has 1 aliphatic heterocycles. The Labute approximate surface area is 185 Å². The predicted molar refractivity (Wildman–Crippen MR) is 119 cm³/mol.